The third kappa shape index (κ3) is 4.03. The predicted octanol–water partition coefficient (Wildman–Crippen LogP) is 2.38. The van der Waals surface area contributed by atoms with Crippen LogP contribution in [0.1, 0.15) is 39.5 Å². The van der Waals surface area contributed by atoms with Gasteiger partial charge in [-0.15, -0.1) is 0 Å². The zero-order valence-corrected chi connectivity index (χ0v) is 17.3. The number of hydrogen-bond acceptors (Lipinski definition) is 6. The number of nitrogens with one attached hydrogen (secondary N) is 1. The molecule has 30 heavy (non-hydrogen) atoms. The van der Waals surface area contributed by atoms with E-state index in [1.165, 1.54) is 10.6 Å². The molecule has 0 bridgehead atoms. The molecule has 168 valence electrons. The highest BCUT2D eigenvalue weighted by Crippen LogP contribution is 2.48. The highest BCUT2D eigenvalue weighted by Gasteiger charge is 2.50. The van der Waals surface area contributed by atoms with Crippen LogP contribution in [0.5, 0.6) is 0 Å². The van der Waals surface area contributed by atoms with Gasteiger partial charge in [0.1, 0.15) is 11.9 Å². The van der Waals surface area contributed by atoms with Gasteiger partial charge >= 0.3 is 6.18 Å². The Morgan fingerprint density at radius 3 is 2.63 bits per heavy atom. The molecule has 7 nitrogen and oxygen atoms in total. The summed E-state index contributed by atoms with van der Waals surface area (Å²) in [6.07, 6.45) is -2.97. The minimum absolute atomic E-state index is 0.0416. The van der Waals surface area contributed by atoms with E-state index in [1.807, 2.05) is 0 Å². The van der Waals surface area contributed by atoms with E-state index in [-0.39, 0.29) is 37.4 Å². The van der Waals surface area contributed by atoms with Crippen LogP contribution in [0.3, 0.4) is 0 Å². The van der Waals surface area contributed by atoms with Crippen LogP contribution in [0.4, 0.5) is 24.9 Å². The van der Waals surface area contributed by atoms with Gasteiger partial charge in [-0.1, -0.05) is 13.8 Å². The van der Waals surface area contributed by atoms with Gasteiger partial charge in [0, 0.05) is 19.2 Å². The molecule has 4 rings (SSSR count). The number of nitrogens with zero attached hydrogens (tertiary/aromatic N) is 3. The van der Waals surface area contributed by atoms with Gasteiger partial charge in [-0.25, -0.2) is 0 Å². The summed E-state index contributed by atoms with van der Waals surface area (Å²) in [5.41, 5.74) is -1.70. The maximum atomic E-state index is 13.8. The second kappa shape index (κ2) is 7.71. The van der Waals surface area contributed by atoms with Gasteiger partial charge < -0.3 is 20.1 Å². The molecule has 0 amide bonds. The average Bonchev–Trinajstić information content (AvgIpc) is 3.37. The fourth-order valence-electron chi connectivity index (χ4n) is 4.58. The van der Waals surface area contributed by atoms with E-state index in [0.717, 1.165) is 17.9 Å². The Bertz CT molecular complexity index is 840. The summed E-state index contributed by atoms with van der Waals surface area (Å²) >= 11 is 0. The summed E-state index contributed by atoms with van der Waals surface area (Å²) in [6.45, 7) is 4.38. The number of ether oxygens (including phenoxy) is 1. The molecule has 4 atom stereocenters. The highest BCUT2D eigenvalue weighted by molar-refractivity contribution is 5.45. The topological polar surface area (TPSA) is 79.6 Å². The van der Waals surface area contributed by atoms with Gasteiger partial charge in [0.15, 0.2) is 0 Å². The molecule has 3 heterocycles. The number of aliphatic hydroxyl groups is 1. The molecule has 2 fully saturated rings. The first-order valence-corrected chi connectivity index (χ1v) is 10.7. The lowest BCUT2D eigenvalue weighted by Gasteiger charge is -2.42. The monoisotopic (exact) mass is 430 g/mol. The van der Waals surface area contributed by atoms with Gasteiger partial charge in [0.2, 0.25) is 5.95 Å². The van der Waals surface area contributed by atoms with Crippen LogP contribution >= 0.6 is 0 Å². The molecule has 2 aliphatic heterocycles. The summed E-state index contributed by atoms with van der Waals surface area (Å²) in [5, 5.41) is 13.8. The van der Waals surface area contributed by atoms with Crippen LogP contribution in [0.15, 0.2) is 10.9 Å². The lowest BCUT2D eigenvalue weighted by Crippen LogP contribution is -2.57. The Hall–Kier alpha value is -1.81. The Morgan fingerprint density at radius 1 is 1.33 bits per heavy atom. The van der Waals surface area contributed by atoms with Crippen LogP contribution in [0, 0.1) is 11.8 Å². The number of aromatic nitrogens is 2. The first kappa shape index (κ1) is 21.4. The Morgan fingerprint density at radius 2 is 2.07 bits per heavy atom. The zero-order chi connectivity index (χ0) is 21.7. The van der Waals surface area contributed by atoms with Crippen LogP contribution in [0.25, 0.3) is 0 Å². The van der Waals surface area contributed by atoms with Crippen molar-refractivity contribution in [2.75, 3.05) is 29.9 Å². The minimum Gasteiger partial charge on any atom is -0.388 e. The number of anilines is 2. The lowest BCUT2D eigenvalue weighted by atomic mass is 9.95. The average molecular weight is 430 g/mol. The number of rotatable bonds is 7. The number of β-amino-alcohol motifs (C(OH)–C–C–N with tert-alkyl or cyclic N) is 1. The van der Waals surface area contributed by atoms with Crippen molar-refractivity contribution in [3.05, 3.63) is 16.4 Å². The third-order valence-corrected chi connectivity index (χ3v) is 6.87. The Labute approximate surface area is 173 Å². The molecular formula is C20H29F3N4O3. The van der Waals surface area contributed by atoms with Gasteiger partial charge in [-0.05, 0) is 37.5 Å². The summed E-state index contributed by atoms with van der Waals surface area (Å²) in [7, 11) is 0. The normalized spacial score (nSPS) is 28.3. The van der Waals surface area contributed by atoms with E-state index in [2.05, 4.69) is 10.3 Å². The quantitative estimate of drug-likeness (QED) is 0.692. The zero-order valence-electron chi connectivity index (χ0n) is 17.3. The van der Waals surface area contributed by atoms with Crippen molar-refractivity contribution >= 4 is 11.8 Å². The molecule has 1 aliphatic carbocycles. The van der Waals surface area contributed by atoms with E-state index in [0.29, 0.717) is 31.2 Å². The van der Waals surface area contributed by atoms with Crippen molar-refractivity contribution in [3.8, 4) is 0 Å². The van der Waals surface area contributed by atoms with Gasteiger partial charge in [-0.2, -0.15) is 18.2 Å². The molecule has 1 saturated heterocycles. The SMILES string of the molecule is CCC(O)(CC)CN1c2nc(NCC3OCC4CC43)cc(=O)n2CCC1C(F)(F)F. The Balaban J connectivity index is 1.63. The third-order valence-electron chi connectivity index (χ3n) is 6.87. The smallest absolute Gasteiger partial charge is 0.388 e. The van der Waals surface area contributed by atoms with Crippen LogP contribution in [0.2, 0.25) is 0 Å². The molecule has 4 unspecified atom stereocenters. The summed E-state index contributed by atoms with van der Waals surface area (Å²) in [6, 6.07) is -0.476. The first-order chi connectivity index (χ1) is 14.1. The fraction of sp³-hybridized carbons (Fsp3) is 0.800. The van der Waals surface area contributed by atoms with Gasteiger partial charge in [-0.3, -0.25) is 9.36 Å². The van der Waals surface area contributed by atoms with Crippen molar-refractivity contribution in [2.45, 2.75) is 70.0 Å². The van der Waals surface area contributed by atoms with Crippen LogP contribution < -0.4 is 15.8 Å². The van der Waals surface area contributed by atoms with Gasteiger partial charge in [0.25, 0.3) is 5.56 Å². The predicted molar refractivity (Wildman–Crippen MR) is 106 cm³/mol. The fourth-order valence-corrected chi connectivity index (χ4v) is 4.58. The molecule has 1 aromatic rings. The first-order valence-electron chi connectivity index (χ1n) is 10.7. The minimum atomic E-state index is -4.49. The van der Waals surface area contributed by atoms with E-state index < -0.39 is 23.4 Å². The summed E-state index contributed by atoms with van der Waals surface area (Å²) < 4.78 is 48.4. The molecule has 3 aliphatic rings. The number of halogens is 3. The molecule has 0 spiro atoms. The second-order valence-corrected chi connectivity index (χ2v) is 8.75. The van der Waals surface area contributed by atoms with Crippen molar-refractivity contribution in [1.29, 1.82) is 0 Å². The van der Waals surface area contributed by atoms with Crippen molar-refractivity contribution in [2.24, 2.45) is 11.8 Å². The summed E-state index contributed by atoms with van der Waals surface area (Å²) in [5.74, 6) is 1.33. The van der Waals surface area contributed by atoms with Crippen molar-refractivity contribution in [3.63, 3.8) is 0 Å². The molecule has 2 N–H and O–H groups in total. The van der Waals surface area contributed by atoms with E-state index in [9.17, 15) is 23.1 Å². The highest BCUT2D eigenvalue weighted by atomic mass is 19.4. The standard InChI is InChI=1S/C20H29F3N4O3/c1-3-19(29,4-2)11-27-15(20(21,22)23)5-6-26-17(28)8-16(25-18(26)27)24-9-14-13-7-12(13)10-30-14/h8,12-15,24,29H,3-7,9-11H2,1-2H3. The van der Waals surface area contributed by atoms with Crippen molar-refractivity contribution in [1.82, 2.24) is 9.55 Å². The van der Waals surface area contributed by atoms with E-state index >= 15 is 0 Å². The van der Waals surface area contributed by atoms with Crippen molar-refractivity contribution < 1.29 is 23.0 Å². The Kier molecular flexibility index (Phi) is 5.50. The van der Waals surface area contributed by atoms with E-state index in [1.54, 1.807) is 13.8 Å². The molecule has 0 aromatic carbocycles. The van der Waals surface area contributed by atoms with E-state index in [4.69, 9.17) is 4.74 Å². The van der Waals surface area contributed by atoms with Gasteiger partial charge in [0.05, 0.1) is 24.9 Å². The second-order valence-electron chi connectivity index (χ2n) is 8.75. The molecule has 0 radical (unpaired) electrons. The summed E-state index contributed by atoms with van der Waals surface area (Å²) in [4.78, 5) is 18.1. The molecule has 1 aromatic heterocycles. The number of alkyl halides is 3. The maximum Gasteiger partial charge on any atom is 0.408 e. The molecule has 1 saturated carbocycles. The van der Waals surface area contributed by atoms with Crippen LogP contribution in [-0.2, 0) is 11.3 Å². The molecular weight excluding hydrogens is 401 g/mol. The van der Waals surface area contributed by atoms with Crippen LogP contribution in [-0.4, -0.2) is 58.3 Å². The number of hydrogen-bond donors (Lipinski definition) is 2. The lowest BCUT2D eigenvalue weighted by molar-refractivity contribution is -0.154. The maximum absolute atomic E-state index is 13.8. The number of fused-ring (bicyclic) bond motifs is 2. The molecule has 10 heteroatoms. The largest absolute Gasteiger partial charge is 0.408 e.